The first-order valence-electron chi connectivity index (χ1n) is 10.9. The quantitative estimate of drug-likeness (QED) is 0.386. The lowest BCUT2D eigenvalue weighted by molar-refractivity contribution is 0.102. The molecule has 0 saturated carbocycles. The fourth-order valence-electron chi connectivity index (χ4n) is 4.13. The topological polar surface area (TPSA) is 63.7 Å². The molecule has 0 unspecified atom stereocenters. The second-order valence-corrected chi connectivity index (χ2v) is 10.0. The number of ether oxygens (including phenoxy) is 2. The van der Waals surface area contributed by atoms with E-state index in [4.69, 9.17) is 14.5 Å². The maximum atomic E-state index is 13.3. The molecule has 0 radical (unpaired) electrons. The smallest absolute Gasteiger partial charge is 0.256 e. The molecular weight excluding hydrogens is 454 g/mol. The Balaban J connectivity index is 1.57. The molecule has 4 aromatic rings. The van der Waals surface area contributed by atoms with Crippen molar-refractivity contribution >= 4 is 43.8 Å². The normalized spacial score (nSPS) is 13.7. The Morgan fingerprint density at radius 2 is 1.88 bits per heavy atom. The number of fused-ring (bicyclic) bond motifs is 2. The first-order valence-corrected chi connectivity index (χ1v) is 12.5. The molecule has 170 valence electrons. The van der Waals surface area contributed by atoms with Crippen molar-refractivity contribution in [3.05, 3.63) is 58.5 Å². The number of carbonyl (C=O) groups excluding carboxylic acids is 1. The van der Waals surface area contributed by atoms with E-state index in [1.54, 1.807) is 55.1 Å². The summed E-state index contributed by atoms with van der Waals surface area (Å²) in [7, 11) is 3.16. The van der Waals surface area contributed by atoms with E-state index in [2.05, 4.69) is 23.2 Å². The van der Waals surface area contributed by atoms with Gasteiger partial charge < -0.3 is 14.8 Å². The number of likely N-dealkylation sites (N-methyl/N-ethyl adjacent to an activating group) is 1. The van der Waals surface area contributed by atoms with Gasteiger partial charge >= 0.3 is 0 Å². The van der Waals surface area contributed by atoms with E-state index in [1.165, 1.54) is 10.4 Å². The highest BCUT2D eigenvalue weighted by molar-refractivity contribution is 7.23. The third-order valence-electron chi connectivity index (χ3n) is 5.93. The Kier molecular flexibility index (Phi) is 6.05. The van der Waals surface area contributed by atoms with E-state index < -0.39 is 0 Å². The number of hydrogen-bond acceptors (Lipinski definition) is 7. The van der Waals surface area contributed by atoms with Crippen LogP contribution in [0.25, 0.3) is 20.8 Å². The SMILES string of the molecule is CCN1CCc2c(sc(NC(=O)c3cc(OC)cc(OC)c3)c2-c2nc3ccccc3s2)C1. The molecule has 8 heteroatoms. The average Bonchev–Trinajstić information content (AvgIpc) is 3.43. The van der Waals surface area contributed by atoms with E-state index in [1.807, 2.05) is 18.2 Å². The summed E-state index contributed by atoms with van der Waals surface area (Å²) in [4.78, 5) is 21.9. The van der Waals surface area contributed by atoms with E-state index in [9.17, 15) is 4.79 Å². The second kappa shape index (κ2) is 9.13. The number of anilines is 1. The van der Waals surface area contributed by atoms with Crippen LogP contribution < -0.4 is 14.8 Å². The minimum atomic E-state index is -0.194. The Morgan fingerprint density at radius 1 is 1.12 bits per heavy atom. The van der Waals surface area contributed by atoms with Gasteiger partial charge in [-0.2, -0.15) is 0 Å². The lowest BCUT2D eigenvalue weighted by atomic mass is 10.0. The van der Waals surface area contributed by atoms with Gasteiger partial charge in [-0.1, -0.05) is 19.1 Å². The molecule has 3 heterocycles. The molecule has 0 saturated heterocycles. The van der Waals surface area contributed by atoms with Crippen LogP contribution in [0.4, 0.5) is 5.00 Å². The highest BCUT2D eigenvalue weighted by atomic mass is 32.1. The minimum absolute atomic E-state index is 0.194. The highest BCUT2D eigenvalue weighted by Gasteiger charge is 2.27. The average molecular weight is 480 g/mol. The van der Waals surface area contributed by atoms with Crippen LogP contribution in [0.2, 0.25) is 0 Å². The summed E-state index contributed by atoms with van der Waals surface area (Å²) < 4.78 is 11.8. The molecule has 2 aromatic heterocycles. The third kappa shape index (κ3) is 4.21. The number of rotatable bonds is 6. The van der Waals surface area contributed by atoms with E-state index in [-0.39, 0.29) is 5.91 Å². The van der Waals surface area contributed by atoms with E-state index in [0.717, 1.165) is 51.8 Å². The van der Waals surface area contributed by atoms with Crippen LogP contribution >= 0.6 is 22.7 Å². The van der Waals surface area contributed by atoms with Crippen LogP contribution in [0, 0.1) is 0 Å². The second-order valence-electron chi connectivity index (χ2n) is 7.87. The van der Waals surface area contributed by atoms with Crippen molar-refractivity contribution in [1.29, 1.82) is 0 Å². The maximum absolute atomic E-state index is 13.3. The number of aromatic nitrogens is 1. The number of thiophene rings is 1. The largest absolute Gasteiger partial charge is 0.497 e. The number of methoxy groups -OCH3 is 2. The lowest BCUT2D eigenvalue weighted by Crippen LogP contribution is -2.29. The Hall–Kier alpha value is -2.94. The first-order chi connectivity index (χ1) is 16.1. The van der Waals surface area contributed by atoms with Crippen molar-refractivity contribution in [2.45, 2.75) is 19.9 Å². The van der Waals surface area contributed by atoms with Gasteiger partial charge in [0.2, 0.25) is 0 Å². The van der Waals surface area contributed by atoms with Crippen molar-refractivity contribution in [1.82, 2.24) is 9.88 Å². The molecule has 33 heavy (non-hydrogen) atoms. The van der Waals surface area contributed by atoms with Gasteiger partial charge in [0, 0.05) is 35.2 Å². The number of carbonyl (C=O) groups is 1. The Morgan fingerprint density at radius 3 is 2.58 bits per heavy atom. The van der Waals surface area contributed by atoms with Crippen LogP contribution in [0.5, 0.6) is 11.5 Å². The van der Waals surface area contributed by atoms with Gasteiger partial charge in [-0.3, -0.25) is 9.69 Å². The molecular formula is C25H25N3O3S2. The van der Waals surface area contributed by atoms with Gasteiger partial charge in [-0.05, 0) is 42.8 Å². The predicted molar refractivity (Wildman–Crippen MR) is 135 cm³/mol. The summed E-state index contributed by atoms with van der Waals surface area (Å²) >= 11 is 3.33. The van der Waals surface area contributed by atoms with Crippen LogP contribution in [0.3, 0.4) is 0 Å². The number of para-hydroxylation sites is 1. The summed E-state index contributed by atoms with van der Waals surface area (Å²) in [5.74, 6) is 0.963. The van der Waals surface area contributed by atoms with Gasteiger partial charge in [-0.15, -0.1) is 22.7 Å². The van der Waals surface area contributed by atoms with Crippen molar-refractivity contribution in [2.24, 2.45) is 0 Å². The Bertz CT molecular complexity index is 1270. The predicted octanol–water partition coefficient (Wildman–Crippen LogP) is 5.67. The zero-order valence-electron chi connectivity index (χ0n) is 18.8. The molecule has 0 aliphatic carbocycles. The minimum Gasteiger partial charge on any atom is -0.497 e. The molecule has 0 atom stereocenters. The summed E-state index contributed by atoms with van der Waals surface area (Å²) in [6.45, 7) is 5.11. The van der Waals surface area contributed by atoms with Crippen molar-refractivity contribution in [2.75, 3.05) is 32.6 Å². The number of nitrogens with zero attached hydrogens (tertiary/aromatic N) is 2. The van der Waals surface area contributed by atoms with Gasteiger partial charge in [0.05, 0.1) is 24.4 Å². The number of hydrogen-bond donors (Lipinski definition) is 1. The highest BCUT2D eigenvalue weighted by Crippen LogP contribution is 2.45. The molecule has 6 nitrogen and oxygen atoms in total. The zero-order valence-corrected chi connectivity index (χ0v) is 20.4. The lowest BCUT2D eigenvalue weighted by Gasteiger charge is -2.25. The van der Waals surface area contributed by atoms with Crippen molar-refractivity contribution in [3.8, 4) is 22.1 Å². The molecule has 0 bridgehead atoms. The first kappa shape index (κ1) is 21.9. The number of benzene rings is 2. The van der Waals surface area contributed by atoms with Crippen molar-refractivity contribution < 1.29 is 14.3 Å². The molecule has 0 spiro atoms. The van der Waals surface area contributed by atoms with E-state index >= 15 is 0 Å². The summed E-state index contributed by atoms with van der Waals surface area (Å²) in [6.07, 6.45) is 0.952. The molecule has 5 rings (SSSR count). The Labute approximate surface area is 200 Å². The van der Waals surface area contributed by atoms with Gasteiger partial charge in [0.1, 0.15) is 21.5 Å². The number of amides is 1. The van der Waals surface area contributed by atoms with Crippen LogP contribution in [-0.4, -0.2) is 43.1 Å². The van der Waals surface area contributed by atoms with Crippen molar-refractivity contribution in [3.63, 3.8) is 0 Å². The summed E-state index contributed by atoms with van der Waals surface area (Å²) in [5.41, 5.74) is 3.85. The van der Waals surface area contributed by atoms with Gasteiger partial charge in [-0.25, -0.2) is 4.98 Å². The van der Waals surface area contributed by atoms with Gasteiger partial charge in [0.15, 0.2) is 0 Å². The van der Waals surface area contributed by atoms with Crippen LogP contribution in [-0.2, 0) is 13.0 Å². The van der Waals surface area contributed by atoms with Crippen LogP contribution in [0.15, 0.2) is 42.5 Å². The molecule has 0 fully saturated rings. The molecule has 1 amide bonds. The molecule has 1 aliphatic heterocycles. The molecule has 2 aromatic carbocycles. The van der Waals surface area contributed by atoms with Crippen LogP contribution in [0.1, 0.15) is 27.7 Å². The fraction of sp³-hybridized carbons (Fsp3) is 0.280. The summed E-state index contributed by atoms with van der Waals surface area (Å²) in [6, 6.07) is 13.4. The molecule has 1 N–H and O–H groups in total. The number of thiazole rings is 1. The monoisotopic (exact) mass is 479 g/mol. The maximum Gasteiger partial charge on any atom is 0.256 e. The van der Waals surface area contributed by atoms with E-state index in [0.29, 0.717) is 17.1 Å². The number of nitrogens with one attached hydrogen (secondary N) is 1. The van der Waals surface area contributed by atoms with Gasteiger partial charge in [0.25, 0.3) is 5.91 Å². The third-order valence-corrected chi connectivity index (χ3v) is 8.12. The summed E-state index contributed by atoms with van der Waals surface area (Å²) in [5, 5.41) is 4.99. The zero-order chi connectivity index (χ0) is 22.9. The fourth-order valence-corrected chi connectivity index (χ4v) is 6.53. The standard InChI is InChI=1S/C25H25N3O3S2/c1-4-28-10-9-18-21(14-28)33-25(22(18)24-26-19-7-5-6-8-20(19)32-24)27-23(29)15-11-16(30-2)13-17(12-15)31-3/h5-8,11-13H,4,9-10,14H2,1-3H3,(H,27,29). The molecule has 1 aliphatic rings.